The van der Waals surface area contributed by atoms with E-state index in [-0.39, 0.29) is 0 Å². The summed E-state index contributed by atoms with van der Waals surface area (Å²) in [5.41, 5.74) is 14.1. The van der Waals surface area contributed by atoms with Gasteiger partial charge in [0, 0.05) is 27.6 Å². The zero-order chi connectivity index (χ0) is 43.6. The van der Waals surface area contributed by atoms with Crippen LogP contribution in [0.25, 0.3) is 110 Å². The minimum absolute atomic E-state index is 0.844. The van der Waals surface area contributed by atoms with E-state index in [0.717, 1.165) is 66.8 Å². The lowest BCUT2D eigenvalue weighted by Crippen LogP contribution is -2.11. The maximum absolute atomic E-state index is 7.25. The molecule has 1 aromatic heterocycles. The quantitative estimate of drug-likeness (QED) is 0.159. The molecule has 0 bridgehead atoms. The van der Waals surface area contributed by atoms with E-state index >= 15 is 0 Å². The van der Waals surface area contributed by atoms with E-state index in [4.69, 9.17) is 4.42 Å². The highest BCUT2D eigenvalue weighted by Gasteiger charge is 2.24. The fourth-order valence-corrected chi connectivity index (χ4v) is 10.1. The van der Waals surface area contributed by atoms with Crippen molar-refractivity contribution in [3.8, 4) is 44.5 Å². The van der Waals surface area contributed by atoms with Crippen molar-refractivity contribution in [2.75, 3.05) is 4.90 Å². The molecule has 2 heteroatoms. The number of rotatable bonds is 7. The minimum atomic E-state index is 0.844. The zero-order valence-electron chi connectivity index (χ0n) is 36.0. The Morgan fingerprint density at radius 3 is 1.44 bits per heavy atom. The molecular formula is C64H41NO. The third-order valence-electron chi connectivity index (χ3n) is 13.4. The Morgan fingerprint density at radius 1 is 0.258 bits per heavy atom. The molecule has 0 aliphatic carbocycles. The molecule has 308 valence electrons. The first-order valence-corrected chi connectivity index (χ1v) is 22.6. The van der Waals surface area contributed by atoms with E-state index < -0.39 is 0 Å². The fraction of sp³-hybridized carbons (Fsp3) is 0. The topological polar surface area (TPSA) is 16.4 Å². The summed E-state index contributed by atoms with van der Waals surface area (Å²) in [5, 5.41) is 12.0. The summed E-state index contributed by atoms with van der Waals surface area (Å²) in [5.74, 6) is 0. The van der Waals surface area contributed by atoms with Gasteiger partial charge in [-0.2, -0.15) is 0 Å². The van der Waals surface area contributed by atoms with E-state index in [1.54, 1.807) is 0 Å². The van der Waals surface area contributed by atoms with Crippen LogP contribution >= 0.6 is 0 Å². The number of hydrogen-bond donors (Lipinski definition) is 0. The normalized spacial score (nSPS) is 11.6. The van der Waals surface area contributed by atoms with Crippen LogP contribution in [0.5, 0.6) is 0 Å². The van der Waals surface area contributed by atoms with Crippen LogP contribution in [-0.2, 0) is 0 Å². The second-order valence-corrected chi connectivity index (χ2v) is 17.3. The summed E-state index contributed by atoms with van der Waals surface area (Å²) in [6.07, 6.45) is 0. The number of nitrogens with zero attached hydrogens (tertiary/aromatic N) is 1. The molecule has 0 amide bonds. The van der Waals surface area contributed by atoms with E-state index in [1.165, 1.54) is 59.8 Å². The highest BCUT2D eigenvalue weighted by Crippen LogP contribution is 2.48. The second-order valence-electron chi connectivity index (χ2n) is 17.3. The van der Waals surface area contributed by atoms with Crippen LogP contribution in [0, 0.1) is 0 Å². The Morgan fingerprint density at radius 2 is 0.742 bits per heavy atom. The van der Waals surface area contributed by atoms with Crippen molar-refractivity contribution in [2.45, 2.75) is 0 Å². The van der Waals surface area contributed by atoms with Crippen molar-refractivity contribution >= 4 is 82.1 Å². The first-order chi connectivity index (χ1) is 32.7. The van der Waals surface area contributed by atoms with Gasteiger partial charge in [-0.15, -0.1) is 0 Å². The van der Waals surface area contributed by atoms with Gasteiger partial charge in [-0.05, 0) is 131 Å². The van der Waals surface area contributed by atoms with Gasteiger partial charge in [0.1, 0.15) is 5.58 Å². The summed E-state index contributed by atoms with van der Waals surface area (Å²) >= 11 is 0. The number of anilines is 3. The molecule has 1 heterocycles. The van der Waals surface area contributed by atoms with Crippen LogP contribution in [0.1, 0.15) is 0 Å². The predicted molar refractivity (Wildman–Crippen MR) is 280 cm³/mol. The van der Waals surface area contributed by atoms with Gasteiger partial charge in [0.2, 0.25) is 0 Å². The molecule has 0 atom stereocenters. The van der Waals surface area contributed by atoms with Crippen LogP contribution in [0.3, 0.4) is 0 Å². The average Bonchev–Trinajstić information content (AvgIpc) is 3.79. The highest BCUT2D eigenvalue weighted by molar-refractivity contribution is 6.24. The maximum Gasteiger partial charge on any atom is 0.159 e. The SMILES string of the molecule is c1ccc(-c2cc3ccccc3c3c2oc2c(N(c4ccc(-c5ccc6cc(-c7ccc8ccccc8c7)ccc6c5)cc4)c4ccccc4-c4ccc5ccccc5c4)cccc23)cc1. The monoisotopic (exact) mass is 839 g/mol. The average molecular weight is 840 g/mol. The lowest BCUT2D eigenvalue weighted by atomic mass is 9.96. The Balaban J connectivity index is 0.964. The molecule has 0 saturated carbocycles. The van der Waals surface area contributed by atoms with Gasteiger partial charge < -0.3 is 9.32 Å². The summed E-state index contributed by atoms with van der Waals surface area (Å²) in [6.45, 7) is 0. The van der Waals surface area contributed by atoms with Crippen molar-refractivity contribution < 1.29 is 4.42 Å². The Labute approximate surface area is 382 Å². The van der Waals surface area contributed by atoms with Gasteiger partial charge in [0.25, 0.3) is 0 Å². The van der Waals surface area contributed by atoms with E-state index in [9.17, 15) is 0 Å². The molecule has 0 aliphatic heterocycles. The Kier molecular flexibility index (Phi) is 8.89. The summed E-state index contributed by atoms with van der Waals surface area (Å²) in [7, 11) is 0. The molecule has 0 fully saturated rings. The first kappa shape index (κ1) is 37.8. The van der Waals surface area contributed by atoms with Crippen LogP contribution in [0.2, 0.25) is 0 Å². The van der Waals surface area contributed by atoms with Crippen molar-refractivity contribution in [1.29, 1.82) is 0 Å². The first-order valence-electron chi connectivity index (χ1n) is 22.6. The molecule has 0 aliphatic rings. The number of hydrogen-bond acceptors (Lipinski definition) is 2. The smallest absolute Gasteiger partial charge is 0.159 e. The van der Waals surface area contributed by atoms with Gasteiger partial charge in [-0.25, -0.2) is 0 Å². The Hall–Kier alpha value is -8.72. The third kappa shape index (κ3) is 6.42. The largest absolute Gasteiger partial charge is 0.453 e. The molecule has 0 N–H and O–H groups in total. The fourth-order valence-electron chi connectivity index (χ4n) is 10.1. The van der Waals surface area contributed by atoms with Crippen LogP contribution < -0.4 is 4.90 Å². The van der Waals surface area contributed by atoms with Crippen molar-refractivity contribution in [1.82, 2.24) is 0 Å². The minimum Gasteiger partial charge on any atom is -0.453 e. The molecular weight excluding hydrogens is 799 g/mol. The van der Waals surface area contributed by atoms with Gasteiger partial charge in [-0.1, -0.05) is 194 Å². The highest BCUT2D eigenvalue weighted by atomic mass is 16.3. The van der Waals surface area contributed by atoms with Crippen LogP contribution in [-0.4, -0.2) is 0 Å². The summed E-state index contributed by atoms with van der Waals surface area (Å²) in [6, 6.07) is 90.2. The van der Waals surface area contributed by atoms with Crippen LogP contribution in [0.4, 0.5) is 17.1 Å². The number of furan rings is 1. The molecule has 13 aromatic rings. The molecule has 0 saturated heterocycles. The summed E-state index contributed by atoms with van der Waals surface area (Å²) in [4.78, 5) is 2.39. The number of para-hydroxylation sites is 2. The van der Waals surface area contributed by atoms with Gasteiger partial charge >= 0.3 is 0 Å². The third-order valence-corrected chi connectivity index (χ3v) is 13.4. The second kappa shape index (κ2) is 15.5. The predicted octanol–water partition coefficient (Wildman–Crippen LogP) is 18.3. The maximum atomic E-state index is 7.25. The van der Waals surface area contributed by atoms with Gasteiger partial charge in [0.15, 0.2) is 5.58 Å². The zero-order valence-corrected chi connectivity index (χ0v) is 36.0. The number of benzene rings is 12. The molecule has 2 nitrogen and oxygen atoms in total. The molecule has 0 radical (unpaired) electrons. The van der Waals surface area contributed by atoms with Gasteiger partial charge in [-0.3, -0.25) is 0 Å². The standard InChI is InChI=1S/C64H41NO/c1-2-15-45(16-3-1)59-41-53-19-8-9-21-57(53)62-58-22-12-24-61(63(58)66-64(59)62)65(60-23-11-10-20-56(60)54-32-26-43-14-5-7-18-47(43)40-54)55-35-33-44(34-36-55)48-28-29-51-39-52(31-30-50(51)38-48)49-27-25-42-13-4-6-17-46(42)37-49/h1-41H. The van der Waals surface area contributed by atoms with Crippen LogP contribution in [0.15, 0.2) is 253 Å². The number of fused-ring (bicyclic) bond motifs is 8. The molecule has 13 rings (SSSR count). The molecule has 12 aromatic carbocycles. The molecule has 0 spiro atoms. The lowest BCUT2D eigenvalue weighted by Gasteiger charge is -2.28. The van der Waals surface area contributed by atoms with E-state index in [1.807, 2.05) is 0 Å². The lowest BCUT2D eigenvalue weighted by molar-refractivity contribution is 0.670. The molecule has 66 heavy (non-hydrogen) atoms. The van der Waals surface area contributed by atoms with Crippen molar-refractivity contribution in [3.63, 3.8) is 0 Å². The van der Waals surface area contributed by atoms with Crippen molar-refractivity contribution in [3.05, 3.63) is 249 Å². The van der Waals surface area contributed by atoms with E-state index in [0.29, 0.717) is 0 Å². The van der Waals surface area contributed by atoms with Crippen molar-refractivity contribution in [2.24, 2.45) is 0 Å². The summed E-state index contributed by atoms with van der Waals surface area (Å²) < 4.78 is 7.25. The van der Waals surface area contributed by atoms with Gasteiger partial charge in [0.05, 0.1) is 11.4 Å². The Bertz CT molecular complexity index is 3990. The van der Waals surface area contributed by atoms with E-state index in [2.05, 4.69) is 254 Å². The molecule has 0 unspecified atom stereocenters.